The summed E-state index contributed by atoms with van der Waals surface area (Å²) in [6.45, 7) is 3.45. The average Bonchev–Trinajstić information content (AvgIpc) is 2.70. The maximum Gasteiger partial charge on any atom is 0.223 e. The normalized spacial score (nSPS) is 10.4. The molecule has 1 aromatic heterocycles. The van der Waals surface area contributed by atoms with Crippen LogP contribution in [0.5, 0.6) is 0 Å². The van der Waals surface area contributed by atoms with Crippen molar-refractivity contribution in [3.05, 3.63) is 45.4 Å². The lowest BCUT2D eigenvalue weighted by Crippen LogP contribution is -2.04. The predicted molar refractivity (Wildman–Crippen MR) is 75.4 cm³/mol. The van der Waals surface area contributed by atoms with Gasteiger partial charge in [-0.25, -0.2) is 4.98 Å². The number of thiazole rings is 1. The van der Waals surface area contributed by atoms with E-state index >= 15 is 0 Å². The number of halogens is 1. The zero-order valence-corrected chi connectivity index (χ0v) is 11.7. The first kappa shape index (κ1) is 13.1. The Balaban J connectivity index is 2.11. The molecule has 0 fully saturated rings. The van der Waals surface area contributed by atoms with Gasteiger partial charge in [-0.15, -0.1) is 11.3 Å². The molecule has 0 saturated carbocycles. The van der Waals surface area contributed by atoms with Crippen LogP contribution in [0.2, 0.25) is 5.02 Å². The van der Waals surface area contributed by atoms with Crippen LogP contribution in [0.3, 0.4) is 0 Å². The molecule has 1 amide bonds. The minimum absolute atomic E-state index is 0.103. The summed E-state index contributed by atoms with van der Waals surface area (Å²) in [6.07, 6.45) is 2.56. The molecule has 2 rings (SSSR count). The van der Waals surface area contributed by atoms with Crippen molar-refractivity contribution in [2.45, 2.75) is 20.3 Å². The zero-order chi connectivity index (χ0) is 13.1. The van der Waals surface area contributed by atoms with Crippen molar-refractivity contribution in [2.24, 2.45) is 0 Å². The van der Waals surface area contributed by atoms with Crippen LogP contribution >= 0.6 is 22.9 Å². The fourth-order valence-corrected chi connectivity index (χ4v) is 2.64. The third kappa shape index (κ3) is 3.31. The molecule has 0 atom stereocenters. The molecule has 18 heavy (non-hydrogen) atoms. The Morgan fingerprint density at radius 1 is 1.50 bits per heavy atom. The van der Waals surface area contributed by atoms with E-state index in [1.165, 1.54) is 18.3 Å². The molecule has 1 heterocycles. The van der Waals surface area contributed by atoms with Crippen LogP contribution in [0.25, 0.3) is 0 Å². The van der Waals surface area contributed by atoms with Gasteiger partial charge in [-0.1, -0.05) is 23.7 Å². The quantitative estimate of drug-likeness (QED) is 0.932. The monoisotopic (exact) mass is 280 g/mol. The molecule has 0 aliphatic carbocycles. The maximum absolute atomic E-state index is 10.9. The molecule has 1 aromatic carbocycles. The van der Waals surface area contributed by atoms with Crippen molar-refractivity contribution < 1.29 is 4.79 Å². The Hall–Kier alpha value is -1.39. The maximum atomic E-state index is 10.9. The van der Waals surface area contributed by atoms with Crippen LogP contribution in [-0.4, -0.2) is 10.9 Å². The molecule has 3 nitrogen and oxygen atoms in total. The van der Waals surface area contributed by atoms with Gasteiger partial charge >= 0.3 is 0 Å². The lowest BCUT2D eigenvalue weighted by Gasteiger charge is -2.02. The van der Waals surface area contributed by atoms with Crippen LogP contribution < -0.4 is 5.32 Å². The molecule has 0 bridgehead atoms. The Labute approximate surface area is 115 Å². The summed E-state index contributed by atoms with van der Waals surface area (Å²) in [4.78, 5) is 16.1. The molecule has 0 radical (unpaired) electrons. The summed E-state index contributed by atoms with van der Waals surface area (Å²) < 4.78 is 0. The molecule has 1 N–H and O–H groups in total. The number of rotatable bonds is 3. The fourth-order valence-electron chi connectivity index (χ4n) is 1.55. The number of aromatic nitrogens is 1. The van der Waals surface area contributed by atoms with Crippen LogP contribution in [-0.2, 0) is 11.2 Å². The number of carbonyl (C=O) groups is 1. The second-order valence-electron chi connectivity index (χ2n) is 4.07. The number of nitrogens with one attached hydrogen (secondary N) is 1. The molecule has 0 aliphatic heterocycles. The zero-order valence-electron chi connectivity index (χ0n) is 10.2. The van der Waals surface area contributed by atoms with Crippen molar-refractivity contribution in [1.82, 2.24) is 4.98 Å². The molecule has 5 heteroatoms. The molecular weight excluding hydrogens is 268 g/mol. The van der Waals surface area contributed by atoms with Gasteiger partial charge in [0.1, 0.15) is 0 Å². The topological polar surface area (TPSA) is 42.0 Å². The van der Waals surface area contributed by atoms with Gasteiger partial charge in [0.2, 0.25) is 5.91 Å². The van der Waals surface area contributed by atoms with E-state index in [1.54, 1.807) is 6.20 Å². The Morgan fingerprint density at radius 2 is 2.28 bits per heavy atom. The number of hydrogen-bond donors (Lipinski definition) is 1. The molecular formula is C13H13ClN2OS. The van der Waals surface area contributed by atoms with Gasteiger partial charge in [-0.3, -0.25) is 4.79 Å². The van der Waals surface area contributed by atoms with Crippen LogP contribution in [0.4, 0.5) is 5.13 Å². The summed E-state index contributed by atoms with van der Waals surface area (Å²) in [7, 11) is 0. The molecule has 94 valence electrons. The first-order valence-corrected chi connectivity index (χ1v) is 6.71. The summed E-state index contributed by atoms with van der Waals surface area (Å²) in [5, 5.41) is 4.09. The first-order chi connectivity index (χ1) is 8.54. The van der Waals surface area contributed by atoms with E-state index < -0.39 is 0 Å². The predicted octanol–water partition coefficient (Wildman–Crippen LogP) is 3.65. The molecule has 2 aromatic rings. The Kier molecular flexibility index (Phi) is 3.99. The van der Waals surface area contributed by atoms with Gasteiger partial charge in [0.05, 0.1) is 0 Å². The van der Waals surface area contributed by atoms with Gasteiger partial charge in [0, 0.05) is 29.4 Å². The fraction of sp³-hybridized carbons (Fsp3) is 0.231. The highest BCUT2D eigenvalue weighted by atomic mass is 35.5. The van der Waals surface area contributed by atoms with Crippen molar-refractivity contribution >= 4 is 34.0 Å². The number of anilines is 1. The molecule has 0 spiro atoms. The minimum atomic E-state index is -0.103. The van der Waals surface area contributed by atoms with Crippen LogP contribution in [0, 0.1) is 6.92 Å². The smallest absolute Gasteiger partial charge is 0.223 e. The third-order valence-electron chi connectivity index (χ3n) is 2.45. The van der Waals surface area contributed by atoms with E-state index in [4.69, 9.17) is 11.6 Å². The Morgan fingerprint density at radius 3 is 2.94 bits per heavy atom. The third-order valence-corrected chi connectivity index (χ3v) is 3.77. The highest BCUT2D eigenvalue weighted by Gasteiger charge is 2.05. The van der Waals surface area contributed by atoms with Crippen LogP contribution in [0.1, 0.15) is 22.9 Å². The lowest BCUT2D eigenvalue weighted by atomic mass is 10.1. The molecule has 0 saturated heterocycles. The summed E-state index contributed by atoms with van der Waals surface area (Å²) in [5.41, 5.74) is 2.22. The largest absolute Gasteiger partial charge is 0.302 e. The number of carbonyl (C=O) groups excluding carboxylic acids is 1. The highest BCUT2D eigenvalue weighted by molar-refractivity contribution is 7.15. The lowest BCUT2D eigenvalue weighted by molar-refractivity contribution is -0.114. The number of hydrogen-bond acceptors (Lipinski definition) is 3. The van der Waals surface area contributed by atoms with E-state index in [9.17, 15) is 4.79 Å². The minimum Gasteiger partial charge on any atom is -0.302 e. The van der Waals surface area contributed by atoms with Gasteiger partial charge in [0.25, 0.3) is 0 Å². The van der Waals surface area contributed by atoms with E-state index in [1.807, 2.05) is 19.1 Å². The summed E-state index contributed by atoms with van der Waals surface area (Å²) >= 11 is 7.56. The second kappa shape index (κ2) is 5.50. The van der Waals surface area contributed by atoms with Gasteiger partial charge in [-0.2, -0.15) is 0 Å². The van der Waals surface area contributed by atoms with Crippen molar-refractivity contribution in [1.29, 1.82) is 0 Å². The van der Waals surface area contributed by atoms with Crippen molar-refractivity contribution in [3.63, 3.8) is 0 Å². The molecule has 0 aliphatic rings. The highest BCUT2D eigenvalue weighted by Crippen LogP contribution is 2.23. The van der Waals surface area contributed by atoms with Crippen molar-refractivity contribution in [2.75, 3.05) is 5.32 Å². The van der Waals surface area contributed by atoms with E-state index in [2.05, 4.69) is 16.4 Å². The van der Waals surface area contributed by atoms with E-state index in [0.29, 0.717) is 5.13 Å². The number of aryl methyl sites for hydroxylation is 1. The standard InChI is InChI=1S/C13H13ClN2OS/c1-8-3-4-10(6-12(8)14)5-11-7-15-13(18-11)16-9(2)17/h3-4,6-7H,5H2,1-2H3,(H,15,16,17). The SMILES string of the molecule is CC(=O)Nc1ncc(Cc2ccc(C)c(Cl)c2)s1. The number of amides is 1. The van der Waals surface area contributed by atoms with Crippen molar-refractivity contribution in [3.8, 4) is 0 Å². The van der Waals surface area contributed by atoms with E-state index in [0.717, 1.165) is 27.4 Å². The average molecular weight is 281 g/mol. The van der Waals surface area contributed by atoms with Gasteiger partial charge in [-0.05, 0) is 24.1 Å². The Bertz CT molecular complexity index is 580. The first-order valence-electron chi connectivity index (χ1n) is 5.52. The number of benzene rings is 1. The van der Waals surface area contributed by atoms with E-state index in [-0.39, 0.29) is 5.91 Å². The van der Waals surface area contributed by atoms with Gasteiger partial charge in [0.15, 0.2) is 5.13 Å². The van der Waals surface area contributed by atoms with Crippen LogP contribution in [0.15, 0.2) is 24.4 Å². The van der Waals surface area contributed by atoms with Gasteiger partial charge < -0.3 is 5.32 Å². The number of nitrogens with zero attached hydrogens (tertiary/aromatic N) is 1. The summed E-state index contributed by atoms with van der Waals surface area (Å²) in [6, 6.07) is 6.03. The molecule has 0 unspecified atom stereocenters. The second-order valence-corrected chi connectivity index (χ2v) is 5.60. The summed E-state index contributed by atoms with van der Waals surface area (Å²) in [5.74, 6) is -0.103.